The maximum Gasteiger partial charge on any atom is 0.347 e. The molecule has 0 aromatic heterocycles. The van der Waals surface area contributed by atoms with Crippen molar-refractivity contribution in [3.63, 3.8) is 0 Å². The number of benzene rings is 1. The van der Waals surface area contributed by atoms with Gasteiger partial charge in [0.15, 0.2) is 6.10 Å². The van der Waals surface area contributed by atoms with Crippen molar-refractivity contribution < 1.29 is 19.0 Å². The highest BCUT2D eigenvalue weighted by atomic mass is 16.6. The molecule has 5 heteroatoms. The molecule has 0 spiro atoms. The van der Waals surface area contributed by atoms with Crippen molar-refractivity contribution in [3.8, 4) is 11.5 Å². The van der Waals surface area contributed by atoms with Crippen LogP contribution < -0.4 is 15.2 Å². The summed E-state index contributed by atoms with van der Waals surface area (Å²) in [5, 5.41) is 0. The monoisotopic (exact) mass is 265 g/mol. The highest BCUT2D eigenvalue weighted by molar-refractivity contribution is 5.75. The van der Waals surface area contributed by atoms with Gasteiger partial charge < -0.3 is 19.9 Å². The predicted octanol–water partition coefficient (Wildman–Crippen LogP) is 1.80. The molecule has 1 aromatic carbocycles. The molecule has 2 atom stereocenters. The van der Waals surface area contributed by atoms with Gasteiger partial charge in [0, 0.05) is 11.6 Å². The third-order valence-corrected chi connectivity index (χ3v) is 3.00. The maximum atomic E-state index is 11.7. The number of ether oxygens (including phenoxy) is 3. The Kier molecular flexibility index (Phi) is 4.27. The van der Waals surface area contributed by atoms with Crippen LogP contribution >= 0.6 is 0 Å². The zero-order chi connectivity index (χ0) is 13.8. The van der Waals surface area contributed by atoms with E-state index in [1.54, 1.807) is 19.1 Å². The Labute approximate surface area is 112 Å². The van der Waals surface area contributed by atoms with Gasteiger partial charge >= 0.3 is 5.97 Å². The Balaban J connectivity index is 2.08. The van der Waals surface area contributed by atoms with E-state index in [1.165, 1.54) is 0 Å². The summed E-state index contributed by atoms with van der Waals surface area (Å²) in [5.41, 5.74) is 6.84. The summed E-state index contributed by atoms with van der Waals surface area (Å²) in [6, 6.07) is 5.36. The molecule has 2 rings (SSSR count). The summed E-state index contributed by atoms with van der Waals surface area (Å²) in [6.07, 6.45) is -0.0379. The van der Waals surface area contributed by atoms with E-state index in [0.717, 1.165) is 11.3 Å². The first kappa shape index (κ1) is 13.7. The minimum Gasteiger partial charge on any atom is -0.491 e. The summed E-state index contributed by atoms with van der Waals surface area (Å²) in [5.74, 6) is 0.972. The second kappa shape index (κ2) is 5.93. The Morgan fingerprint density at radius 1 is 1.53 bits per heavy atom. The van der Waals surface area contributed by atoms with Crippen LogP contribution in [0.25, 0.3) is 0 Å². The summed E-state index contributed by atoms with van der Waals surface area (Å²) in [7, 11) is 0. The Hall–Kier alpha value is -1.75. The predicted molar refractivity (Wildman–Crippen MR) is 70.2 cm³/mol. The number of rotatable bonds is 5. The standard InChI is InChI=1S/C14H19NO4/c1-3-12(14(16)17-4-2)19-9-5-6-10-11(15)8-18-13(10)7-9/h5-7,11-12H,3-4,8,15H2,1-2H3. The van der Waals surface area contributed by atoms with Crippen LogP contribution in [0.1, 0.15) is 31.9 Å². The zero-order valence-corrected chi connectivity index (χ0v) is 11.2. The largest absolute Gasteiger partial charge is 0.491 e. The van der Waals surface area contributed by atoms with E-state index < -0.39 is 6.10 Å². The first-order valence-electron chi connectivity index (χ1n) is 6.51. The van der Waals surface area contributed by atoms with Crippen LogP contribution in [0.15, 0.2) is 18.2 Å². The minimum atomic E-state index is -0.590. The van der Waals surface area contributed by atoms with Crippen LogP contribution in [-0.4, -0.2) is 25.3 Å². The fourth-order valence-electron chi connectivity index (χ4n) is 1.99. The average Bonchev–Trinajstić information content (AvgIpc) is 2.77. The molecule has 2 N–H and O–H groups in total. The number of carbonyl (C=O) groups is 1. The van der Waals surface area contributed by atoms with Crippen LogP contribution in [-0.2, 0) is 9.53 Å². The van der Waals surface area contributed by atoms with E-state index in [2.05, 4.69) is 0 Å². The molecule has 0 bridgehead atoms. The molecule has 0 radical (unpaired) electrons. The van der Waals surface area contributed by atoms with Gasteiger partial charge in [-0.1, -0.05) is 6.92 Å². The van der Waals surface area contributed by atoms with Crippen molar-refractivity contribution in [1.29, 1.82) is 0 Å². The lowest BCUT2D eigenvalue weighted by Crippen LogP contribution is -2.28. The third-order valence-electron chi connectivity index (χ3n) is 3.00. The number of hydrogen-bond donors (Lipinski definition) is 1. The lowest BCUT2D eigenvalue weighted by Gasteiger charge is -2.16. The van der Waals surface area contributed by atoms with Gasteiger partial charge in [-0.2, -0.15) is 0 Å². The quantitative estimate of drug-likeness (QED) is 0.822. The van der Waals surface area contributed by atoms with E-state index in [1.807, 2.05) is 13.0 Å². The van der Waals surface area contributed by atoms with Gasteiger partial charge in [0.05, 0.1) is 12.6 Å². The maximum absolute atomic E-state index is 11.7. The van der Waals surface area contributed by atoms with Gasteiger partial charge in [-0.05, 0) is 25.5 Å². The van der Waals surface area contributed by atoms with Crippen LogP contribution in [0.4, 0.5) is 0 Å². The molecule has 5 nitrogen and oxygen atoms in total. The summed E-state index contributed by atoms with van der Waals surface area (Å²) in [6.45, 7) is 4.48. The van der Waals surface area contributed by atoms with Crippen LogP contribution in [0.5, 0.6) is 11.5 Å². The lowest BCUT2D eigenvalue weighted by atomic mass is 10.1. The Morgan fingerprint density at radius 3 is 3.00 bits per heavy atom. The molecule has 19 heavy (non-hydrogen) atoms. The molecular weight excluding hydrogens is 246 g/mol. The van der Waals surface area contributed by atoms with E-state index in [-0.39, 0.29) is 12.0 Å². The van der Waals surface area contributed by atoms with E-state index in [0.29, 0.717) is 25.4 Å². The molecular formula is C14H19NO4. The average molecular weight is 265 g/mol. The van der Waals surface area contributed by atoms with Crippen molar-refractivity contribution in [1.82, 2.24) is 0 Å². The molecule has 2 unspecified atom stereocenters. The number of nitrogens with two attached hydrogens (primary N) is 1. The molecule has 0 amide bonds. The molecule has 0 fully saturated rings. The SMILES string of the molecule is CCOC(=O)C(CC)Oc1ccc2c(c1)OCC2N. The van der Waals surface area contributed by atoms with E-state index in [4.69, 9.17) is 19.9 Å². The molecule has 0 saturated heterocycles. The summed E-state index contributed by atoms with van der Waals surface area (Å²) in [4.78, 5) is 11.7. The fraction of sp³-hybridized carbons (Fsp3) is 0.500. The van der Waals surface area contributed by atoms with Crippen molar-refractivity contribution in [3.05, 3.63) is 23.8 Å². The molecule has 1 aliphatic heterocycles. The lowest BCUT2D eigenvalue weighted by molar-refractivity contribution is -0.151. The molecule has 0 saturated carbocycles. The summed E-state index contributed by atoms with van der Waals surface area (Å²) >= 11 is 0. The van der Waals surface area contributed by atoms with Gasteiger partial charge in [0.25, 0.3) is 0 Å². The number of esters is 1. The number of hydrogen-bond acceptors (Lipinski definition) is 5. The molecule has 1 aliphatic rings. The third kappa shape index (κ3) is 2.98. The fourth-order valence-corrected chi connectivity index (χ4v) is 1.99. The molecule has 0 aliphatic carbocycles. The molecule has 1 heterocycles. The Bertz CT molecular complexity index is 461. The van der Waals surface area contributed by atoms with E-state index >= 15 is 0 Å². The first-order chi connectivity index (χ1) is 9.15. The van der Waals surface area contributed by atoms with Gasteiger partial charge in [0.1, 0.15) is 18.1 Å². The number of carbonyl (C=O) groups excluding carboxylic acids is 1. The molecule has 104 valence electrons. The van der Waals surface area contributed by atoms with Crippen molar-refractivity contribution in [2.45, 2.75) is 32.4 Å². The highest BCUT2D eigenvalue weighted by Crippen LogP contribution is 2.34. The zero-order valence-electron chi connectivity index (χ0n) is 11.2. The minimum absolute atomic E-state index is 0.0870. The van der Waals surface area contributed by atoms with Gasteiger partial charge in [0.2, 0.25) is 0 Å². The van der Waals surface area contributed by atoms with Crippen molar-refractivity contribution in [2.24, 2.45) is 5.73 Å². The molecule has 1 aromatic rings. The smallest absolute Gasteiger partial charge is 0.347 e. The van der Waals surface area contributed by atoms with E-state index in [9.17, 15) is 4.79 Å². The van der Waals surface area contributed by atoms with Gasteiger partial charge in [-0.3, -0.25) is 0 Å². The normalized spacial score (nSPS) is 18.4. The summed E-state index contributed by atoms with van der Waals surface area (Å²) < 4.78 is 16.1. The van der Waals surface area contributed by atoms with Crippen molar-refractivity contribution >= 4 is 5.97 Å². The van der Waals surface area contributed by atoms with Crippen molar-refractivity contribution in [2.75, 3.05) is 13.2 Å². The van der Waals surface area contributed by atoms with Crippen LogP contribution in [0.3, 0.4) is 0 Å². The highest BCUT2D eigenvalue weighted by Gasteiger charge is 2.23. The van der Waals surface area contributed by atoms with Crippen LogP contribution in [0.2, 0.25) is 0 Å². The Morgan fingerprint density at radius 2 is 2.32 bits per heavy atom. The first-order valence-corrected chi connectivity index (χ1v) is 6.51. The second-order valence-corrected chi connectivity index (χ2v) is 4.38. The van der Waals surface area contributed by atoms with Gasteiger partial charge in [-0.15, -0.1) is 0 Å². The number of fused-ring (bicyclic) bond motifs is 1. The topological polar surface area (TPSA) is 70.8 Å². The van der Waals surface area contributed by atoms with Gasteiger partial charge in [-0.25, -0.2) is 4.79 Å². The second-order valence-electron chi connectivity index (χ2n) is 4.38. The van der Waals surface area contributed by atoms with Crippen LogP contribution in [0, 0.1) is 0 Å².